The van der Waals surface area contributed by atoms with Crippen molar-refractivity contribution < 1.29 is 19.1 Å². The van der Waals surface area contributed by atoms with Crippen LogP contribution >= 0.6 is 11.3 Å². The summed E-state index contributed by atoms with van der Waals surface area (Å²) >= 11 is 1.36. The maximum Gasteiger partial charge on any atom is 0.306 e. The van der Waals surface area contributed by atoms with Gasteiger partial charge < -0.3 is 10.4 Å². The molecule has 0 aliphatic heterocycles. The van der Waals surface area contributed by atoms with E-state index in [4.69, 9.17) is 5.11 Å². The molecule has 1 fully saturated rings. The van der Waals surface area contributed by atoms with Crippen molar-refractivity contribution in [2.75, 3.05) is 0 Å². The van der Waals surface area contributed by atoms with Crippen molar-refractivity contribution >= 4 is 23.2 Å². The third-order valence-electron chi connectivity index (χ3n) is 4.07. The van der Waals surface area contributed by atoms with Crippen LogP contribution in [0.5, 0.6) is 0 Å². The van der Waals surface area contributed by atoms with Crippen LogP contribution in [0.3, 0.4) is 0 Å². The summed E-state index contributed by atoms with van der Waals surface area (Å²) in [6.07, 6.45) is 0.965. The number of carboxylic acid groups (broad SMARTS) is 1. The predicted octanol–water partition coefficient (Wildman–Crippen LogP) is 3.46. The molecule has 4 nitrogen and oxygen atoms in total. The number of nitrogens with one attached hydrogen (secondary N) is 1. The van der Waals surface area contributed by atoms with E-state index >= 15 is 0 Å². The molecule has 120 valence electrons. The van der Waals surface area contributed by atoms with Crippen LogP contribution in [-0.4, -0.2) is 23.0 Å². The van der Waals surface area contributed by atoms with Crippen LogP contribution in [0.2, 0.25) is 0 Å². The molecule has 0 radical (unpaired) electrons. The number of hydrogen-bond donors (Lipinski definition) is 2. The molecule has 6 heteroatoms. The zero-order valence-electron chi connectivity index (χ0n) is 12.5. The molecule has 2 aromatic rings. The van der Waals surface area contributed by atoms with Gasteiger partial charge in [0.25, 0.3) is 5.91 Å². The summed E-state index contributed by atoms with van der Waals surface area (Å²) in [5, 5.41) is 11.7. The maximum absolute atomic E-state index is 13.0. The van der Waals surface area contributed by atoms with Gasteiger partial charge in [-0.3, -0.25) is 9.59 Å². The van der Waals surface area contributed by atoms with Crippen LogP contribution in [0, 0.1) is 18.7 Å². The Morgan fingerprint density at radius 3 is 2.52 bits per heavy atom. The summed E-state index contributed by atoms with van der Waals surface area (Å²) in [6.45, 7) is 1.91. The van der Waals surface area contributed by atoms with Gasteiger partial charge in [0, 0.05) is 10.9 Å². The molecule has 0 bridgehead atoms. The van der Waals surface area contributed by atoms with Crippen molar-refractivity contribution in [3.8, 4) is 10.4 Å². The Bertz CT molecular complexity index is 748. The summed E-state index contributed by atoms with van der Waals surface area (Å²) in [5.41, 5.74) is 1.84. The molecule has 1 aliphatic rings. The van der Waals surface area contributed by atoms with Crippen molar-refractivity contribution in [2.45, 2.75) is 25.8 Å². The quantitative estimate of drug-likeness (QED) is 0.900. The smallest absolute Gasteiger partial charge is 0.306 e. The van der Waals surface area contributed by atoms with Crippen molar-refractivity contribution in [3.05, 3.63) is 46.6 Å². The molecule has 1 amide bonds. The average Bonchev–Trinajstić information content (AvgIpc) is 2.84. The number of carboxylic acids is 1. The summed E-state index contributed by atoms with van der Waals surface area (Å²) in [7, 11) is 0. The third kappa shape index (κ3) is 3.27. The van der Waals surface area contributed by atoms with Gasteiger partial charge in [0.15, 0.2) is 0 Å². The van der Waals surface area contributed by atoms with Crippen molar-refractivity contribution in [1.82, 2.24) is 5.32 Å². The van der Waals surface area contributed by atoms with E-state index in [1.54, 1.807) is 12.1 Å². The third-order valence-corrected chi connectivity index (χ3v) is 5.36. The SMILES string of the molecule is Cc1cc(C(=O)NC2CC(C(=O)O)C2)sc1-c1ccc(F)cc1. The first kappa shape index (κ1) is 15.7. The van der Waals surface area contributed by atoms with Crippen LogP contribution in [-0.2, 0) is 4.79 Å². The Morgan fingerprint density at radius 2 is 1.91 bits per heavy atom. The van der Waals surface area contributed by atoms with Gasteiger partial charge in [-0.25, -0.2) is 4.39 Å². The largest absolute Gasteiger partial charge is 0.481 e. The molecule has 2 N–H and O–H groups in total. The second kappa shape index (κ2) is 6.12. The monoisotopic (exact) mass is 333 g/mol. The fourth-order valence-corrected chi connectivity index (χ4v) is 3.76. The Morgan fingerprint density at radius 1 is 1.26 bits per heavy atom. The number of carbonyl (C=O) groups excluding carboxylic acids is 1. The van der Waals surface area contributed by atoms with E-state index in [0.29, 0.717) is 17.7 Å². The van der Waals surface area contributed by atoms with Gasteiger partial charge in [0.2, 0.25) is 0 Å². The molecular formula is C17H16FNO3S. The van der Waals surface area contributed by atoms with E-state index in [1.165, 1.54) is 23.5 Å². The molecule has 1 heterocycles. The highest BCUT2D eigenvalue weighted by molar-refractivity contribution is 7.17. The highest BCUT2D eigenvalue weighted by Crippen LogP contribution is 2.33. The number of benzene rings is 1. The Balaban J connectivity index is 1.69. The Labute approximate surface area is 137 Å². The van der Waals surface area contributed by atoms with Crippen molar-refractivity contribution in [3.63, 3.8) is 0 Å². The molecule has 1 saturated carbocycles. The van der Waals surface area contributed by atoms with Gasteiger partial charge in [-0.05, 0) is 49.1 Å². The summed E-state index contributed by atoms with van der Waals surface area (Å²) < 4.78 is 13.0. The van der Waals surface area contributed by atoms with E-state index in [0.717, 1.165) is 16.0 Å². The minimum absolute atomic E-state index is 0.0692. The number of hydrogen-bond acceptors (Lipinski definition) is 3. The Kier molecular flexibility index (Phi) is 4.17. The fraction of sp³-hybridized carbons (Fsp3) is 0.294. The number of carbonyl (C=O) groups is 2. The van der Waals surface area contributed by atoms with E-state index in [9.17, 15) is 14.0 Å². The maximum atomic E-state index is 13.0. The van der Waals surface area contributed by atoms with Gasteiger partial charge in [-0.1, -0.05) is 12.1 Å². The molecule has 1 aromatic carbocycles. The van der Waals surface area contributed by atoms with Gasteiger partial charge in [-0.15, -0.1) is 11.3 Å². The molecular weight excluding hydrogens is 317 g/mol. The van der Waals surface area contributed by atoms with Crippen molar-refractivity contribution in [1.29, 1.82) is 0 Å². The number of aliphatic carboxylic acids is 1. The van der Waals surface area contributed by atoms with E-state index in [1.807, 2.05) is 13.0 Å². The number of thiophene rings is 1. The van der Waals surface area contributed by atoms with Gasteiger partial charge in [-0.2, -0.15) is 0 Å². The molecule has 0 atom stereocenters. The second-order valence-corrected chi connectivity index (χ2v) is 6.86. The highest BCUT2D eigenvalue weighted by Gasteiger charge is 2.35. The molecule has 1 aliphatic carbocycles. The highest BCUT2D eigenvalue weighted by atomic mass is 32.1. The second-order valence-electron chi connectivity index (χ2n) is 5.81. The standard InChI is InChI=1S/C17H16FNO3S/c1-9-6-14(16(20)19-13-7-11(8-13)17(21)22)23-15(9)10-2-4-12(18)5-3-10/h2-6,11,13H,7-8H2,1H3,(H,19,20)(H,21,22). The van der Waals surface area contributed by atoms with E-state index in [2.05, 4.69) is 5.32 Å². The normalized spacial score (nSPS) is 19.9. The molecule has 0 unspecified atom stereocenters. The van der Waals surface area contributed by atoms with E-state index in [-0.39, 0.29) is 23.7 Å². The zero-order chi connectivity index (χ0) is 16.6. The van der Waals surface area contributed by atoms with Gasteiger partial charge in [0.1, 0.15) is 5.82 Å². The summed E-state index contributed by atoms with van der Waals surface area (Å²) in [6, 6.07) is 7.92. The fourth-order valence-electron chi connectivity index (χ4n) is 2.68. The molecule has 0 spiro atoms. The Hall–Kier alpha value is -2.21. The lowest BCUT2D eigenvalue weighted by Gasteiger charge is -2.32. The first-order valence-corrected chi connectivity index (χ1v) is 8.15. The van der Waals surface area contributed by atoms with Crippen LogP contribution in [0.25, 0.3) is 10.4 Å². The van der Waals surface area contributed by atoms with Gasteiger partial charge >= 0.3 is 5.97 Å². The molecule has 0 saturated heterocycles. The predicted molar refractivity (Wildman–Crippen MR) is 86.1 cm³/mol. The van der Waals surface area contributed by atoms with Crippen molar-refractivity contribution in [2.24, 2.45) is 5.92 Å². The lowest BCUT2D eigenvalue weighted by atomic mass is 9.80. The van der Waals surface area contributed by atoms with Crippen LogP contribution in [0.1, 0.15) is 28.1 Å². The average molecular weight is 333 g/mol. The van der Waals surface area contributed by atoms with Crippen LogP contribution in [0.4, 0.5) is 4.39 Å². The van der Waals surface area contributed by atoms with Crippen LogP contribution in [0.15, 0.2) is 30.3 Å². The van der Waals surface area contributed by atoms with E-state index < -0.39 is 5.97 Å². The molecule has 3 rings (SSSR count). The zero-order valence-corrected chi connectivity index (χ0v) is 13.3. The lowest BCUT2D eigenvalue weighted by Crippen LogP contribution is -2.46. The number of amides is 1. The molecule has 23 heavy (non-hydrogen) atoms. The number of aryl methyl sites for hydroxylation is 1. The lowest BCUT2D eigenvalue weighted by molar-refractivity contribution is -0.145. The number of halogens is 1. The molecule has 1 aromatic heterocycles. The minimum Gasteiger partial charge on any atom is -0.481 e. The van der Waals surface area contributed by atoms with Crippen LogP contribution < -0.4 is 5.32 Å². The first-order valence-electron chi connectivity index (χ1n) is 7.34. The summed E-state index contributed by atoms with van der Waals surface area (Å²) in [5.74, 6) is -1.62. The minimum atomic E-state index is -0.805. The number of rotatable bonds is 4. The van der Waals surface area contributed by atoms with Gasteiger partial charge in [0.05, 0.1) is 10.8 Å². The topological polar surface area (TPSA) is 66.4 Å². The summed E-state index contributed by atoms with van der Waals surface area (Å²) in [4.78, 5) is 24.6. The first-order chi connectivity index (χ1) is 10.9.